The number of aliphatic carboxylic acids is 1. The van der Waals surface area contributed by atoms with Gasteiger partial charge in [-0.15, -0.1) is 0 Å². The number of carboxylic acid groups (broad SMARTS) is 1. The van der Waals surface area contributed by atoms with E-state index in [4.69, 9.17) is 4.74 Å². The van der Waals surface area contributed by atoms with Crippen LogP contribution in [-0.4, -0.2) is 40.7 Å². The van der Waals surface area contributed by atoms with Gasteiger partial charge in [0.15, 0.2) is 0 Å². The zero-order valence-corrected chi connectivity index (χ0v) is 10.7. The highest BCUT2D eigenvalue weighted by atomic mass is 16.5. The Hall–Kier alpha value is -1.95. The van der Waals surface area contributed by atoms with Crippen LogP contribution < -0.4 is 5.32 Å². The molecule has 0 unspecified atom stereocenters. The fourth-order valence-corrected chi connectivity index (χ4v) is 2.09. The number of hydrogen-bond acceptors (Lipinski definition) is 4. The first-order valence-corrected chi connectivity index (χ1v) is 6.10. The van der Waals surface area contributed by atoms with Crippen LogP contribution in [0.2, 0.25) is 0 Å². The predicted octanol–water partition coefficient (Wildman–Crippen LogP) is 0.754. The van der Waals surface area contributed by atoms with E-state index in [0.29, 0.717) is 24.5 Å². The minimum atomic E-state index is -1.23. The molecule has 0 radical (unpaired) electrons. The van der Waals surface area contributed by atoms with Gasteiger partial charge in [0.2, 0.25) is 0 Å². The molecule has 0 spiro atoms. The van der Waals surface area contributed by atoms with Crippen LogP contribution in [0.5, 0.6) is 0 Å². The molecule has 1 fully saturated rings. The number of nitrogens with one attached hydrogen (secondary N) is 1. The topological polar surface area (TPSA) is 88.5 Å². The number of amides is 1. The Morgan fingerprint density at radius 3 is 2.68 bits per heavy atom. The van der Waals surface area contributed by atoms with Gasteiger partial charge in [-0.2, -0.15) is 0 Å². The van der Waals surface area contributed by atoms with E-state index in [2.05, 4.69) is 10.3 Å². The molecule has 2 rings (SSSR count). The normalized spacial score (nSPS) is 17.7. The predicted molar refractivity (Wildman–Crippen MR) is 66.9 cm³/mol. The average Bonchev–Trinajstić information content (AvgIpc) is 2.39. The summed E-state index contributed by atoms with van der Waals surface area (Å²) in [7, 11) is 0. The molecule has 1 aliphatic heterocycles. The highest BCUT2D eigenvalue weighted by Crippen LogP contribution is 2.21. The second-order valence-corrected chi connectivity index (χ2v) is 4.64. The Balaban J connectivity index is 2.18. The van der Waals surface area contributed by atoms with Crippen molar-refractivity contribution in [1.29, 1.82) is 0 Å². The number of carboxylic acids is 1. The Morgan fingerprint density at radius 1 is 1.42 bits per heavy atom. The number of hydrogen-bond donors (Lipinski definition) is 2. The van der Waals surface area contributed by atoms with Gasteiger partial charge in [-0.25, -0.2) is 4.79 Å². The van der Waals surface area contributed by atoms with E-state index in [1.165, 1.54) is 6.20 Å². The lowest BCUT2D eigenvalue weighted by atomic mass is 9.89. The van der Waals surface area contributed by atoms with Crippen LogP contribution in [0.3, 0.4) is 0 Å². The van der Waals surface area contributed by atoms with Crippen molar-refractivity contribution in [2.75, 3.05) is 13.2 Å². The molecule has 19 heavy (non-hydrogen) atoms. The lowest BCUT2D eigenvalue weighted by molar-refractivity contribution is -0.148. The van der Waals surface area contributed by atoms with E-state index in [1.807, 2.05) is 0 Å². The molecule has 6 nitrogen and oxygen atoms in total. The van der Waals surface area contributed by atoms with Crippen LogP contribution in [-0.2, 0) is 9.53 Å². The van der Waals surface area contributed by atoms with Crippen molar-refractivity contribution in [1.82, 2.24) is 10.3 Å². The first-order chi connectivity index (χ1) is 9.03. The van der Waals surface area contributed by atoms with Crippen molar-refractivity contribution in [3.63, 3.8) is 0 Å². The van der Waals surface area contributed by atoms with Crippen molar-refractivity contribution >= 4 is 11.9 Å². The lowest BCUT2D eigenvalue weighted by Crippen LogP contribution is -2.57. The minimum absolute atomic E-state index is 0.276. The van der Waals surface area contributed by atoms with Crippen LogP contribution >= 0.6 is 0 Å². The molecule has 1 aliphatic rings. The van der Waals surface area contributed by atoms with Crippen LogP contribution in [0.25, 0.3) is 0 Å². The molecule has 102 valence electrons. The molecule has 0 aliphatic carbocycles. The van der Waals surface area contributed by atoms with Gasteiger partial charge in [-0.1, -0.05) is 0 Å². The van der Waals surface area contributed by atoms with E-state index in [1.54, 1.807) is 19.1 Å². The monoisotopic (exact) mass is 264 g/mol. The maximum absolute atomic E-state index is 12.1. The third-order valence-corrected chi connectivity index (χ3v) is 3.27. The number of pyridine rings is 1. The number of ether oxygens (including phenoxy) is 1. The van der Waals surface area contributed by atoms with Gasteiger partial charge in [0, 0.05) is 43.5 Å². The van der Waals surface area contributed by atoms with E-state index in [0.717, 1.165) is 0 Å². The summed E-state index contributed by atoms with van der Waals surface area (Å²) >= 11 is 0. The second kappa shape index (κ2) is 5.36. The largest absolute Gasteiger partial charge is 0.480 e. The van der Waals surface area contributed by atoms with Crippen LogP contribution in [0.1, 0.15) is 28.9 Å². The molecule has 0 atom stereocenters. The maximum Gasteiger partial charge on any atom is 0.329 e. The smallest absolute Gasteiger partial charge is 0.329 e. The van der Waals surface area contributed by atoms with Gasteiger partial charge in [-0.05, 0) is 19.1 Å². The average molecular weight is 264 g/mol. The van der Waals surface area contributed by atoms with E-state index >= 15 is 0 Å². The van der Waals surface area contributed by atoms with Crippen LogP contribution in [0, 0.1) is 6.92 Å². The number of carbonyl (C=O) groups is 2. The number of aromatic nitrogens is 1. The van der Waals surface area contributed by atoms with Gasteiger partial charge >= 0.3 is 5.97 Å². The van der Waals surface area contributed by atoms with Crippen molar-refractivity contribution < 1.29 is 19.4 Å². The second-order valence-electron chi connectivity index (χ2n) is 4.64. The molecule has 1 saturated heterocycles. The van der Waals surface area contributed by atoms with Gasteiger partial charge in [0.25, 0.3) is 5.91 Å². The maximum atomic E-state index is 12.1. The molecule has 0 aromatic carbocycles. The summed E-state index contributed by atoms with van der Waals surface area (Å²) in [6.45, 7) is 2.45. The summed E-state index contributed by atoms with van der Waals surface area (Å²) in [4.78, 5) is 27.6. The summed E-state index contributed by atoms with van der Waals surface area (Å²) < 4.78 is 5.16. The molecule has 2 heterocycles. The molecule has 0 bridgehead atoms. The SMILES string of the molecule is Cc1cc(C(=O)NC2(C(=O)O)CCOCC2)ccn1. The number of nitrogens with zero attached hydrogens (tertiary/aromatic N) is 1. The Labute approximate surface area is 110 Å². The third-order valence-electron chi connectivity index (χ3n) is 3.27. The standard InChI is InChI=1S/C13H16N2O4/c1-9-8-10(2-5-14-9)11(16)15-13(12(17)18)3-6-19-7-4-13/h2,5,8H,3-4,6-7H2,1H3,(H,15,16)(H,17,18). The zero-order valence-electron chi connectivity index (χ0n) is 10.7. The Kier molecular flexibility index (Phi) is 3.80. The van der Waals surface area contributed by atoms with E-state index in [-0.39, 0.29) is 12.8 Å². The van der Waals surface area contributed by atoms with Crippen molar-refractivity contribution in [3.05, 3.63) is 29.6 Å². The first-order valence-electron chi connectivity index (χ1n) is 6.10. The minimum Gasteiger partial charge on any atom is -0.480 e. The first kappa shape index (κ1) is 13.5. The summed E-state index contributed by atoms with van der Waals surface area (Å²) in [5, 5.41) is 12.0. The van der Waals surface area contributed by atoms with Crippen LogP contribution in [0.4, 0.5) is 0 Å². The van der Waals surface area contributed by atoms with Crippen molar-refractivity contribution in [3.8, 4) is 0 Å². The molecular formula is C13H16N2O4. The quantitative estimate of drug-likeness (QED) is 0.841. The lowest BCUT2D eigenvalue weighted by Gasteiger charge is -2.33. The third kappa shape index (κ3) is 2.90. The van der Waals surface area contributed by atoms with Gasteiger partial charge in [-0.3, -0.25) is 9.78 Å². The van der Waals surface area contributed by atoms with Crippen molar-refractivity contribution in [2.24, 2.45) is 0 Å². The Bertz CT molecular complexity index is 495. The molecule has 1 aromatic rings. The summed E-state index contributed by atoms with van der Waals surface area (Å²) in [6, 6.07) is 3.20. The molecule has 1 amide bonds. The molecule has 2 N–H and O–H groups in total. The number of aryl methyl sites for hydroxylation is 1. The van der Waals surface area contributed by atoms with Gasteiger partial charge in [0.1, 0.15) is 5.54 Å². The fourth-order valence-electron chi connectivity index (χ4n) is 2.09. The number of rotatable bonds is 3. The Morgan fingerprint density at radius 2 is 2.11 bits per heavy atom. The molecular weight excluding hydrogens is 248 g/mol. The molecule has 1 aromatic heterocycles. The summed E-state index contributed by atoms with van der Waals surface area (Å²) in [5.41, 5.74) is -0.101. The molecule has 0 saturated carbocycles. The highest BCUT2D eigenvalue weighted by Gasteiger charge is 2.41. The van der Waals surface area contributed by atoms with Gasteiger partial charge < -0.3 is 15.2 Å². The van der Waals surface area contributed by atoms with Crippen LogP contribution in [0.15, 0.2) is 18.3 Å². The van der Waals surface area contributed by atoms with E-state index < -0.39 is 17.4 Å². The summed E-state index contributed by atoms with van der Waals surface area (Å²) in [5.74, 6) is -1.41. The zero-order chi connectivity index (χ0) is 13.9. The summed E-state index contributed by atoms with van der Waals surface area (Å²) in [6.07, 6.45) is 2.08. The van der Waals surface area contributed by atoms with Crippen molar-refractivity contribution in [2.45, 2.75) is 25.3 Å². The fraction of sp³-hybridized carbons (Fsp3) is 0.462. The number of carbonyl (C=O) groups excluding carboxylic acids is 1. The van der Waals surface area contributed by atoms with Gasteiger partial charge in [0.05, 0.1) is 0 Å². The van der Waals surface area contributed by atoms with E-state index in [9.17, 15) is 14.7 Å². The highest BCUT2D eigenvalue weighted by molar-refractivity contribution is 5.97. The molecule has 6 heteroatoms.